The summed E-state index contributed by atoms with van der Waals surface area (Å²) < 4.78 is 103. The van der Waals surface area contributed by atoms with E-state index >= 15 is 0 Å². The number of amides is 4. The molecule has 1 saturated carbocycles. The third-order valence-corrected chi connectivity index (χ3v) is 21.1. The summed E-state index contributed by atoms with van der Waals surface area (Å²) in [5, 5.41) is 28.3. The van der Waals surface area contributed by atoms with Crippen LogP contribution in [0.4, 0.5) is 58.4 Å². The third kappa shape index (κ3) is 19.4. The Kier molecular flexibility index (Phi) is 25.9. The number of hydrogen-bond acceptors (Lipinski definition) is 20. The van der Waals surface area contributed by atoms with Crippen LogP contribution in [0.2, 0.25) is 15.1 Å². The fourth-order valence-electron chi connectivity index (χ4n) is 13.0. The van der Waals surface area contributed by atoms with Gasteiger partial charge in [-0.2, -0.15) is 13.2 Å². The molecule has 3 atom stereocenters. The number of alkyl halides is 6. The van der Waals surface area contributed by atoms with Gasteiger partial charge in [0.15, 0.2) is 34.9 Å². The van der Waals surface area contributed by atoms with Gasteiger partial charge in [-0.05, 0) is 120 Å². The van der Waals surface area contributed by atoms with Gasteiger partial charge in [0.25, 0.3) is 6.43 Å². The molecule has 12 heterocycles. The molecule has 12 aromatic heterocycles. The van der Waals surface area contributed by atoms with Crippen molar-refractivity contribution in [3.8, 4) is 45.6 Å². The Hall–Kier alpha value is -13.1. The number of anilines is 4. The normalized spacial score (nSPS) is 13.8. The van der Waals surface area contributed by atoms with Crippen LogP contribution in [0.15, 0.2) is 153 Å². The first-order valence-electron chi connectivity index (χ1n) is 38.4. The van der Waals surface area contributed by atoms with Crippen molar-refractivity contribution in [1.82, 2.24) is 101 Å². The second kappa shape index (κ2) is 36.5. The zero-order chi connectivity index (χ0) is 87.0. The van der Waals surface area contributed by atoms with Crippen LogP contribution in [0.5, 0.6) is 0 Å². The molecule has 16 rings (SSSR count). The minimum Gasteiger partial charge on any atom is -0.356 e. The van der Waals surface area contributed by atoms with Gasteiger partial charge in [-0.3, -0.25) is 19.2 Å². The van der Waals surface area contributed by atoms with Gasteiger partial charge in [-0.25, -0.2) is 81.8 Å². The predicted molar refractivity (Wildman–Crippen MR) is 471 cm³/mol. The average Bonchev–Trinajstić information content (AvgIpc) is 1.57. The van der Waals surface area contributed by atoms with Gasteiger partial charge >= 0.3 is 6.18 Å². The molecule has 3 aromatic carbocycles. The second-order valence-electron chi connectivity index (χ2n) is 29.0. The quantitative estimate of drug-likeness (QED) is 0.0236. The van der Waals surface area contributed by atoms with E-state index in [1.807, 2.05) is 79.8 Å². The van der Waals surface area contributed by atoms with E-state index in [1.165, 1.54) is 19.2 Å². The molecule has 15 aromatic rings. The van der Waals surface area contributed by atoms with Gasteiger partial charge in [0.2, 0.25) is 23.6 Å². The highest BCUT2D eigenvalue weighted by Crippen LogP contribution is 2.41. The van der Waals surface area contributed by atoms with E-state index < -0.39 is 78.0 Å². The van der Waals surface area contributed by atoms with Crippen molar-refractivity contribution in [2.75, 3.05) is 54.1 Å². The molecule has 1 fully saturated rings. The van der Waals surface area contributed by atoms with Gasteiger partial charge in [-0.15, -0.1) is 0 Å². The number of para-hydroxylation sites is 3. The molecule has 0 aliphatic heterocycles. The number of likely N-dealkylation sites (N-methyl/N-ethyl adjacent to an activating group) is 1. The molecular weight excluding hydrogens is 1660 g/mol. The molecule has 39 heteroatoms. The lowest BCUT2D eigenvalue weighted by Crippen LogP contribution is -2.52. The van der Waals surface area contributed by atoms with Crippen molar-refractivity contribution in [3.05, 3.63) is 180 Å². The van der Waals surface area contributed by atoms with E-state index in [0.29, 0.717) is 154 Å². The molecule has 12 N–H and O–H groups in total. The molecule has 648 valence electrons. The van der Waals surface area contributed by atoms with Gasteiger partial charge in [-0.1, -0.05) is 92.0 Å². The van der Waals surface area contributed by atoms with Crippen molar-refractivity contribution in [2.45, 2.75) is 115 Å². The zero-order valence-corrected chi connectivity index (χ0v) is 68.5. The summed E-state index contributed by atoms with van der Waals surface area (Å²) in [7, 11) is 0. The maximum absolute atomic E-state index is 14.2. The molecular formula is C83H95Cl3F8N24O4. The Labute approximate surface area is 716 Å². The lowest BCUT2D eigenvalue weighted by atomic mass is 9.97. The lowest BCUT2D eigenvalue weighted by molar-refractivity contribution is -0.140. The number of halogens is 11. The molecule has 0 saturated heterocycles. The number of H-pyrrole nitrogens is 4. The van der Waals surface area contributed by atoms with Crippen LogP contribution in [0.25, 0.3) is 122 Å². The van der Waals surface area contributed by atoms with Crippen LogP contribution in [0.1, 0.15) is 92.0 Å². The Bertz CT molecular complexity index is 6450. The van der Waals surface area contributed by atoms with E-state index in [9.17, 15) is 54.3 Å². The van der Waals surface area contributed by atoms with Crippen LogP contribution in [0, 0.1) is 11.6 Å². The van der Waals surface area contributed by atoms with Crippen molar-refractivity contribution in [2.24, 2.45) is 0 Å². The van der Waals surface area contributed by atoms with Gasteiger partial charge < -0.3 is 62.5 Å². The van der Waals surface area contributed by atoms with Crippen LogP contribution in [-0.2, 0) is 19.2 Å². The predicted octanol–water partition coefficient (Wildman–Crippen LogP) is 18.7. The van der Waals surface area contributed by atoms with Gasteiger partial charge in [0.05, 0.1) is 50.6 Å². The number of aromatic nitrogens is 16. The number of rotatable bonds is 25. The summed E-state index contributed by atoms with van der Waals surface area (Å²) in [6.07, 6.45) is 8.69. The minimum absolute atomic E-state index is 0. The maximum Gasteiger partial charge on any atom is 0.405 e. The highest BCUT2D eigenvalue weighted by atomic mass is 35.5. The minimum atomic E-state index is -4.51. The summed E-state index contributed by atoms with van der Waals surface area (Å²) in [5.41, 5.74) is 2.66. The highest BCUT2D eigenvalue weighted by Gasteiger charge is 2.51. The molecule has 4 amide bonds. The molecule has 28 nitrogen and oxygen atoms in total. The number of benzene rings is 3. The largest absolute Gasteiger partial charge is 0.405 e. The fraction of sp³-hybridized carbons (Fsp3) is 0.277. The number of nitrogens with one attached hydrogen (secondary N) is 12. The maximum atomic E-state index is 14.2. The van der Waals surface area contributed by atoms with E-state index in [2.05, 4.69) is 102 Å². The van der Waals surface area contributed by atoms with E-state index in [4.69, 9.17) is 49.8 Å². The van der Waals surface area contributed by atoms with Crippen molar-refractivity contribution >= 4 is 159 Å². The number of aromatic amines is 4. The number of fused-ring (bicyclic) bond motifs is 7. The molecule has 0 unspecified atom stereocenters. The fourth-order valence-corrected chi connectivity index (χ4v) is 13.5. The average molecular weight is 1750 g/mol. The van der Waals surface area contributed by atoms with Crippen LogP contribution < -0.4 is 42.5 Å². The first-order chi connectivity index (χ1) is 58.4. The number of pyridine rings is 4. The molecule has 0 radical (unpaired) electrons. The SMILES string of the molecule is CCNC(=O)C1(Nc2nc(-c3c[nH]c4ncc(F)cc34)ncc2F)CC1.CC[C@@](C)(Nc1nc(-c2c[nH]c3ncc(Cl)cc23)nc2ccccc12)C(=O)NCC(F)(F)F.CC[C@@](C)(Nc1nc(-c2c[nH]c3ncc(Cl)cc23)nc2ccccc12)C(=O)NCC(F)F.CC[C@@](C)(Nc1nc(-c2c[nH]c3ncc(Cl)cc23)nc2ccccc12)C(=O)NCCF.[HH].[HH].[HH].[HH].[HH].[HH].[HH].[HH]. The van der Waals surface area contributed by atoms with Crippen LogP contribution in [0.3, 0.4) is 0 Å². The number of carbonyl (C=O) groups is 4. The first-order valence-corrected chi connectivity index (χ1v) is 39.5. The van der Waals surface area contributed by atoms with E-state index in [0.717, 1.165) is 39.6 Å². The van der Waals surface area contributed by atoms with Crippen LogP contribution in [-0.4, -0.2) is 171 Å². The number of nitrogens with zero attached hydrogens (tertiary/aromatic N) is 12. The van der Waals surface area contributed by atoms with Crippen molar-refractivity contribution in [3.63, 3.8) is 0 Å². The van der Waals surface area contributed by atoms with Gasteiger partial charge in [0, 0.05) is 128 Å². The number of hydrogen-bond donors (Lipinski definition) is 12. The third-order valence-electron chi connectivity index (χ3n) is 20.4. The highest BCUT2D eigenvalue weighted by molar-refractivity contribution is 6.32. The molecule has 0 spiro atoms. The smallest absolute Gasteiger partial charge is 0.356 e. The van der Waals surface area contributed by atoms with Crippen LogP contribution >= 0.6 is 34.8 Å². The Morgan fingerprint density at radius 1 is 0.467 bits per heavy atom. The monoisotopic (exact) mass is 1750 g/mol. The first kappa shape index (κ1) is 86.7. The van der Waals surface area contributed by atoms with Crippen molar-refractivity contribution < 1.29 is 65.7 Å². The second-order valence-corrected chi connectivity index (χ2v) is 30.3. The van der Waals surface area contributed by atoms with E-state index in [-0.39, 0.29) is 47.8 Å². The van der Waals surface area contributed by atoms with Crippen molar-refractivity contribution in [1.29, 1.82) is 0 Å². The summed E-state index contributed by atoms with van der Waals surface area (Å²) in [4.78, 5) is 115. The lowest BCUT2D eigenvalue weighted by Gasteiger charge is -2.29. The number of carbonyl (C=O) groups excluding carboxylic acids is 4. The molecule has 1 aliphatic carbocycles. The summed E-state index contributed by atoms with van der Waals surface area (Å²) in [5.74, 6) is -0.298. The molecule has 1 aliphatic rings. The van der Waals surface area contributed by atoms with Gasteiger partial charge in [0.1, 0.15) is 81.2 Å². The van der Waals surface area contributed by atoms with E-state index in [1.54, 1.807) is 95.2 Å². The molecule has 0 bridgehead atoms. The zero-order valence-electron chi connectivity index (χ0n) is 66.2. The summed E-state index contributed by atoms with van der Waals surface area (Å²) in [6.45, 7) is 9.88. The summed E-state index contributed by atoms with van der Waals surface area (Å²) >= 11 is 18.4. The Morgan fingerprint density at radius 2 is 0.836 bits per heavy atom. The standard InChI is InChI=1S/C22H20ClF3N6O.C22H21ClF2N6O.C22H22ClFN6O.C17H16F2N6O.8H2/c1-3-21(2,20(33)29-11-22(24,25)26)32-19-13-6-4-5-7-16(13)30-18(31-19)15-10-28-17-14(15)8-12(23)9-27-17;1-3-22(2,21(32)28-11-17(24)25)31-20-13-6-4-5-7-16(13)29-19(30-20)15-10-27-18-14(15)8-12(23)9-26-18;1-3-22(2,21(31)25-9-8-24)30-20-14-6-4-5-7-17(14)28-19(29-20)16-12-27-18-15(16)10-13(23)11-26-18;1-2-20-16(26)17(3-4-17)25-15-12(19)8-23-14(24-15)11-7-22-13-10(11)5-9(18)6-21-13;;;;;;;;/h4-10H,3,11H2,1-2H3,(H,27,28)(H,29,33)(H,30,31,32);4-10,17H,3,11H2,1-2H3,(H,26,27)(H,28,32)(H,29,30,31);4-7,10-12H,3,8-9H2,1-2H3,(H,25,31)(H,26,27)(H,28,29,30);5-8H,2-4H2,1H3,(H,20,26)(H,21,22)(H,23,24,25);8*1H/t21-;2*22-;;;;;;;;;/m111........./s1. The topological polar surface area (TPSA) is 382 Å². The Balaban J connectivity index is 0.000000302. The molecule has 122 heavy (non-hydrogen) atoms. The summed E-state index contributed by atoms with van der Waals surface area (Å²) in [6, 6.07) is 28.7. The Morgan fingerprint density at radius 3 is 1.21 bits per heavy atom.